The maximum absolute atomic E-state index is 13.0. The van der Waals surface area contributed by atoms with Crippen molar-refractivity contribution in [1.29, 1.82) is 0 Å². The number of Topliss-reactive ketones (excluding diaryl/α,β-unsaturated/α-hetero) is 2. The van der Waals surface area contributed by atoms with Gasteiger partial charge < -0.3 is 0 Å². The fourth-order valence-electron chi connectivity index (χ4n) is 2.63. The smallest absolute Gasteiger partial charge is 0.281 e. The van der Waals surface area contributed by atoms with E-state index in [-0.39, 0.29) is 22.2 Å². The topological polar surface area (TPSA) is 150 Å². The number of sulfone groups is 1. The van der Waals surface area contributed by atoms with Gasteiger partial charge in [-0.05, 0) is 25.0 Å². The van der Waals surface area contributed by atoms with Crippen LogP contribution in [0, 0.1) is 16.0 Å². The molecule has 3 rings (SSSR count). The van der Waals surface area contributed by atoms with Gasteiger partial charge in [-0.1, -0.05) is 0 Å². The van der Waals surface area contributed by atoms with E-state index in [1.54, 1.807) is 0 Å². The van der Waals surface area contributed by atoms with E-state index in [1.807, 2.05) is 0 Å². The van der Waals surface area contributed by atoms with Crippen molar-refractivity contribution < 1.29 is 22.9 Å². The Morgan fingerprint density at radius 2 is 1.85 bits per heavy atom. The van der Waals surface area contributed by atoms with Crippen LogP contribution < -0.4 is 0 Å². The van der Waals surface area contributed by atoms with Gasteiger partial charge in [0.1, 0.15) is 24.4 Å². The number of aromatic nitrogens is 3. The Bertz CT molecular complexity index is 1030. The third-order valence-corrected chi connectivity index (χ3v) is 5.27. The number of carbonyl (C=O) groups excluding carboxylic acids is 2. The van der Waals surface area contributed by atoms with E-state index in [2.05, 4.69) is 15.0 Å². The van der Waals surface area contributed by atoms with Crippen molar-refractivity contribution >= 4 is 27.1 Å². The van der Waals surface area contributed by atoms with E-state index in [9.17, 15) is 28.1 Å². The van der Waals surface area contributed by atoms with Crippen molar-refractivity contribution in [2.75, 3.05) is 6.26 Å². The molecule has 1 atom stereocenters. The van der Waals surface area contributed by atoms with Gasteiger partial charge in [-0.2, -0.15) is 0 Å². The molecular weight excluding hydrogens is 376 g/mol. The van der Waals surface area contributed by atoms with Crippen LogP contribution in [-0.2, 0) is 14.6 Å². The van der Waals surface area contributed by atoms with Crippen molar-refractivity contribution in [2.24, 2.45) is 5.92 Å². The molecule has 27 heavy (non-hydrogen) atoms. The minimum atomic E-state index is -3.71. The number of hydrogen-bond donors (Lipinski definition) is 0. The molecule has 0 spiro atoms. The van der Waals surface area contributed by atoms with Crippen LogP contribution in [-0.4, -0.2) is 46.1 Å². The third-order valence-electron chi connectivity index (χ3n) is 4.16. The van der Waals surface area contributed by atoms with Crippen molar-refractivity contribution in [1.82, 2.24) is 15.0 Å². The summed E-state index contributed by atoms with van der Waals surface area (Å²) in [4.78, 5) is 47.3. The summed E-state index contributed by atoms with van der Waals surface area (Å²) in [6.07, 6.45) is 4.41. The number of rotatable bonds is 7. The van der Waals surface area contributed by atoms with E-state index < -0.39 is 37.9 Å². The number of hydrogen-bond acceptors (Lipinski definition) is 9. The normalized spacial score (nSPS) is 15.1. The van der Waals surface area contributed by atoms with E-state index >= 15 is 0 Å². The molecule has 1 unspecified atom stereocenters. The molecule has 0 aliphatic heterocycles. The highest BCUT2D eigenvalue weighted by Gasteiger charge is 2.42. The Hall–Kier alpha value is -3.08. The number of nitro benzene ring substituents is 1. The first-order valence-electron chi connectivity index (χ1n) is 7.88. The maximum atomic E-state index is 13.0. The zero-order valence-electron chi connectivity index (χ0n) is 14.1. The number of ketones is 2. The molecule has 140 valence electrons. The highest BCUT2D eigenvalue weighted by atomic mass is 32.2. The molecule has 1 aromatic heterocycles. The molecule has 2 aromatic rings. The van der Waals surface area contributed by atoms with Gasteiger partial charge in [0.2, 0.25) is 0 Å². The van der Waals surface area contributed by atoms with E-state index in [1.165, 1.54) is 0 Å². The lowest BCUT2D eigenvalue weighted by Gasteiger charge is -2.13. The van der Waals surface area contributed by atoms with Crippen LogP contribution in [0.3, 0.4) is 0 Å². The highest BCUT2D eigenvalue weighted by molar-refractivity contribution is 7.90. The lowest BCUT2D eigenvalue weighted by Crippen LogP contribution is -2.26. The Morgan fingerprint density at radius 1 is 1.22 bits per heavy atom. The lowest BCUT2D eigenvalue weighted by atomic mass is 9.90. The van der Waals surface area contributed by atoms with Crippen molar-refractivity contribution in [3.8, 4) is 0 Å². The molecular formula is C16H14N4O6S. The Labute approximate surface area is 153 Å². The summed E-state index contributed by atoms with van der Waals surface area (Å²) in [6, 6.07) is 2.96. The van der Waals surface area contributed by atoms with E-state index in [0.717, 1.165) is 37.1 Å². The van der Waals surface area contributed by atoms with Gasteiger partial charge >= 0.3 is 0 Å². The van der Waals surface area contributed by atoms with Crippen molar-refractivity contribution in [3.05, 3.63) is 52.4 Å². The second-order valence-electron chi connectivity index (χ2n) is 6.18. The summed E-state index contributed by atoms with van der Waals surface area (Å²) in [5.74, 6) is -3.06. The quantitative estimate of drug-likeness (QED) is 0.293. The second kappa shape index (κ2) is 6.91. The molecule has 10 nitrogen and oxygen atoms in total. The molecule has 1 saturated carbocycles. The van der Waals surface area contributed by atoms with E-state index in [4.69, 9.17) is 0 Å². The first kappa shape index (κ1) is 18.7. The summed E-state index contributed by atoms with van der Waals surface area (Å²) < 4.78 is 23.3. The summed E-state index contributed by atoms with van der Waals surface area (Å²) >= 11 is 0. The Kier molecular flexibility index (Phi) is 4.79. The SMILES string of the molecule is CS(=O)(=O)c1ccc(C(=O)C(C(=O)C2CC2)c2ncncn2)c([N+](=O)[O-])c1. The molecule has 1 heterocycles. The number of nitrogens with zero attached hydrogens (tertiary/aromatic N) is 4. The summed E-state index contributed by atoms with van der Waals surface area (Å²) in [5, 5.41) is 11.4. The second-order valence-corrected chi connectivity index (χ2v) is 8.19. The number of benzene rings is 1. The zero-order valence-corrected chi connectivity index (χ0v) is 14.9. The Balaban J connectivity index is 2.11. The van der Waals surface area contributed by atoms with Gasteiger partial charge in [-0.3, -0.25) is 19.7 Å². The summed E-state index contributed by atoms with van der Waals surface area (Å²) in [6.45, 7) is 0. The lowest BCUT2D eigenvalue weighted by molar-refractivity contribution is -0.385. The van der Waals surface area contributed by atoms with Gasteiger partial charge in [0.15, 0.2) is 21.4 Å². The predicted molar refractivity (Wildman–Crippen MR) is 90.8 cm³/mol. The van der Waals surface area contributed by atoms with Gasteiger partial charge in [-0.25, -0.2) is 23.4 Å². The molecule has 0 bridgehead atoms. The molecule has 0 saturated heterocycles. The first-order valence-corrected chi connectivity index (χ1v) is 9.77. The molecule has 0 radical (unpaired) electrons. The molecule has 1 aliphatic carbocycles. The monoisotopic (exact) mass is 390 g/mol. The van der Waals surface area contributed by atoms with Gasteiger partial charge in [0.25, 0.3) is 5.69 Å². The third kappa shape index (κ3) is 3.87. The number of carbonyl (C=O) groups is 2. The van der Waals surface area contributed by atoms with Crippen molar-refractivity contribution in [2.45, 2.75) is 23.7 Å². The van der Waals surface area contributed by atoms with Crippen LogP contribution in [0.1, 0.15) is 34.9 Å². The zero-order chi connectivity index (χ0) is 19.8. The molecule has 11 heteroatoms. The maximum Gasteiger partial charge on any atom is 0.281 e. The average molecular weight is 390 g/mol. The minimum absolute atomic E-state index is 0.0895. The summed E-state index contributed by atoms with van der Waals surface area (Å²) in [7, 11) is -3.71. The van der Waals surface area contributed by atoms with Crippen LogP contribution in [0.4, 0.5) is 5.69 Å². The van der Waals surface area contributed by atoms with Crippen LogP contribution in [0.15, 0.2) is 35.7 Å². The van der Waals surface area contributed by atoms with Crippen molar-refractivity contribution in [3.63, 3.8) is 0 Å². The minimum Gasteiger partial charge on any atom is -0.298 e. The Morgan fingerprint density at radius 3 is 2.37 bits per heavy atom. The van der Waals surface area contributed by atoms with Crippen LogP contribution in [0.2, 0.25) is 0 Å². The fraction of sp³-hybridized carbons (Fsp3) is 0.312. The number of nitro groups is 1. The van der Waals surface area contributed by atoms with Gasteiger partial charge in [-0.15, -0.1) is 0 Å². The molecule has 1 aliphatic rings. The van der Waals surface area contributed by atoms with Gasteiger partial charge in [0, 0.05) is 18.2 Å². The average Bonchev–Trinajstić information content (AvgIpc) is 3.46. The largest absolute Gasteiger partial charge is 0.298 e. The summed E-state index contributed by atoms with van der Waals surface area (Å²) in [5.41, 5.74) is -1.06. The van der Waals surface area contributed by atoms with E-state index in [0.29, 0.717) is 12.8 Å². The molecule has 1 fully saturated rings. The van der Waals surface area contributed by atoms with Crippen LogP contribution in [0.25, 0.3) is 0 Å². The van der Waals surface area contributed by atoms with Gasteiger partial charge in [0.05, 0.1) is 15.4 Å². The standard InChI is InChI=1S/C16H14N4O6S/c1-27(25,26)10-4-5-11(12(6-10)20(23)24)15(22)13(14(21)9-2-3-9)16-18-7-17-8-19-16/h4-9,13H,2-3H2,1H3. The molecule has 1 aromatic carbocycles. The molecule has 0 amide bonds. The first-order chi connectivity index (χ1) is 12.7. The van der Waals surface area contributed by atoms with Crippen LogP contribution >= 0.6 is 0 Å². The predicted octanol–water partition coefficient (Wildman–Crippen LogP) is 1.13. The fourth-order valence-corrected chi connectivity index (χ4v) is 3.27. The molecule has 0 N–H and O–H groups in total. The van der Waals surface area contributed by atoms with Crippen LogP contribution in [0.5, 0.6) is 0 Å². The highest BCUT2D eigenvalue weighted by Crippen LogP contribution is 2.37.